The van der Waals surface area contributed by atoms with E-state index in [4.69, 9.17) is 4.98 Å². The van der Waals surface area contributed by atoms with Crippen LogP contribution in [0.2, 0.25) is 0 Å². The summed E-state index contributed by atoms with van der Waals surface area (Å²) >= 11 is 3.01. The number of anilines is 1. The Labute approximate surface area is 173 Å². The summed E-state index contributed by atoms with van der Waals surface area (Å²) in [6.45, 7) is 1.89. The SMILES string of the molecule is CSc1ccccc1NC(=O)C(C)Sc1nc(C2CC2)n(-c2ccccc2)n1. The second-order valence-electron chi connectivity index (χ2n) is 6.72. The molecular formula is C21H22N4OS2. The molecule has 0 saturated heterocycles. The normalized spacial score (nSPS) is 14.6. The first-order valence-electron chi connectivity index (χ1n) is 9.28. The average molecular weight is 411 g/mol. The van der Waals surface area contributed by atoms with Gasteiger partial charge in [0.1, 0.15) is 5.82 Å². The first-order chi connectivity index (χ1) is 13.7. The van der Waals surface area contributed by atoms with Crippen LogP contribution >= 0.6 is 23.5 Å². The van der Waals surface area contributed by atoms with Crippen molar-refractivity contribution in [3.63, 3.8) is 0 Å². The summed E-state index contributed by atoms with van der Waals surface area (Å²) in [5.74, 6) is 1.42. The molecular weight excluding hydrogens is 388 g/mol. The van der Waals surface area contributed by atoms with Crippen molar-refractivity contribution in [2.24, 2.45) is 0 Å². The van der Waals surface area contributed by atoms with E-state index in [9.17, 15) is 4.79 Å². The molecule has 1 saturated carbocycles. The van der Waals surface area contributed by atoms with Crippen LogP contribution in [-0.4, -0.2) is 32.2 Å². The molecule has 5 nitrogen and oxygen atoms in total. The molecule has 1 N–H and O–H groups in total. The Morgan fingerprint density at radius 3 is 2.57 bits per heavy atom. The zero-order chi connectivity index (χ0) is 19.5. The number of nitrogens with one attached hydrogen (secondary N) is 1. The molecule has 0 spiro atoms. The molecule has 1 aromatic heterocycles. The van der Waals surface area contributed by atoms with Gasteiger partial charge in [-0.3, -0.25) is 4.79 Å². The minimum Gasteiger partial charge on any atom is -0.324 e. The van der Waals surface area contributed by atoms with E-state index in [0.717, 1.165) is 34.9 Å². The second-order valence-corrected chi connectivity index (χ2v) is 8.88. The zero-order valence-electron chi connectivity index (χ0n) is 15.8. The molecule has 1 aliphatic carbocycles. The molecule has 1 amide bonds. The van der Waals surface area contributed by atoms with Gasteiger partial charge in [0.15, 0.2) is 0 Å². The summed E-state index contributed by atoms with van der Waals surface area (Å²) in [6, 6.07) is 17.9. The number of amides is 1. The van der Waals surface area contributed by atoms with E-state index in [1.165, 1.54) is 11.8 Å². The Kier molecular flexibility index (Phi) is 5.73. The van der Waals surface area contributed by atoms with Crippen molar-refractivity contribution in [1.29, 1.82) is 0 Å². The van der Waals surface area contributed by atoms with Crippen LogP contribution in [0, 0.1) is 0 Å². The highest BCUT2D eigenvalue weighted by atomic mass is 32.2. The largest absolute Gasteiger partial charge is 0.324 e. The fourth-order valence-electron chi connectivity index (χ4n) is 2.91. The van der Waals surface area contributed by atoms with Gasteiger partial charge in [0, 0.05) is 10.8 Å². The molecule has 3 aromatic rings. The summed E-state index contributed by atoms with van der Waals surface area (Å²) in [6.07, 6.45) is 4.30. The van der Waals surface area contributed by atoms with Gasteiger partial charge in [-0.05, 0) is 50.3 Å². The molecule has 0 aliphatic heterocycles. The maximum atomic E-state index is 12.7. The number of carbonyl (C=O) groups is 1. The number of para-hydroxylation sites is 2. The van der Waals surface area contributed by atoms with E-state index >= 15 is 0 Å². The lowest BCUT2D eigenvalue weighted by Gasteiger charge is -2.12. The first kappa shape index (κ1) is 19.1. The van der Waals surface area contributed by atoms with Gasteiger partial charge in [-0.15, -0.1) is 16.9 Å². The molecule has 0 bridgehead atoms. The summed E-state index contributed by atoms with van der Waals surface area (Å²) < 4.78 is 1.92. The summed E-state index contributed by atoms with van der Waals surface area (Å²) in [5.41, 5.74) is 1.85. The molecule has 144 valence electrons. The first-order valence-corrected chi connectivity index (χ1v) is 11.4. The predicted molar refractivity (Wildman–Crippen MR) is 116 cm³/mol. The van der Waals surface area contributed by atoms with Crippen LogP contribution in [0.1, 0.15) is 31.5 Å². The van der Waals surface area contributed by atoms with Crippen molar-refractivity contribution in [1.82, 2.24) is 14.8 Å². The molecule has 28 heavy (non-hydrogen) atoms. The lowest BCUT2D eigenvalue weighted by atomic mass is 10.3. The number of thioether (sulfide) groups is 2. The highest BCUT2D eigenvalue weighted by Gasteiger charge is 2.31. The van der Waals surface area contributed by atoms with Crippen LogP contribution in [0.4, 0.5) is 5.69 Å². The van der Waals surface area contributed by atoms with Gasteiger partial charge in [-0.25, -0.2) is 9.67 Å². The van der Waals surface area contributed by atoms with E-state index in [2.05, 4.69) is 10.4 Å². The fourth-order valence-corrected chi connectivity index (χ4v) is 4.22. The van der Waals surface area contributed by atoms with Crippen molar-refractivity contribution in [2.45, 2.75) is 41.0 Å². The maximum absolute atomic E-state index is 12.7. The van der Waals surface area contributed by atoms with Gasteiger partial charge in [0.25, 0.3) is 0 Å². The van der Waals surface area contributed by atoms with Crippen LogP contribution < -0.4 is 5.32 Å². The lowest BCUT2D eigenvalue weighted by Crippen LogP contribution is -2.22. The van der Waals surface area contributed by atoms with Crippen molar-refractivity contribution >= 4 is 35.1 Å². The van der Waals surface area contributed by atoms with Crippen molar-refractivity contribution in [2.75, 3.05) is 11.6 Å². The summed E-state index contributed by atoms with van der Waals surface area (Å²) in [7, 11) is 0. The van der Waals surface area contributed by atoms with Gasteiger partial charge >= 0.3 is 0 Å². The topological polar surface area (TPSA) is 59.8 Å². The number of hydrogen-bond acceptors (Lipinski definition) is 5. The average Bonchev–Trinajstić information content (AvgIpc) is 3.49. The highest BCUT2D eigenvalue weighted by molar-refractivity contribution is 8.00. The standard InChI is InChI=1S/C21H22N4OS2/c1-14(20(26)22-17-10-6-7-11-18(17)27-2)28-21-23-19(15-12-13-15)25(24-21)16-8-4-3-5-9-16/h3-11,14-15H,12-13H2,1-2H3,(H,22,26). The minimum absolute atomic E-state index is 0.0458. The predicted octanol–water partition coefficient (Wildman–Crippen LogP) is 4.99. The molecule has 7 heteroatoms. The number of hydrogen-bond donors (Lipinski definition) is 1. The lowest BCUT2D eigenvalue weighted by molar-refractivity contribution is -0.115. The van der Waals surface area contributed by atoms with E-state index < -0.39 is 0 Å². The van der Waals surface area contributed by atoms with E-state index in [1.807, 2.05) is 72.5 Å². The molecule has 1 unspecified atom stereocenters. The van der Waals surface area contributed by atoms with Crippen LogP contribution in [0.25, 0.3) is 5.69 Å². The molecule has 2 aromatic carbocycles. The number of carbonyl (C=O) groups excluding carboxylic acids is 1. The van der Waals surface area contributed by atoms with Gasteiger partial charge in [0.2, 0.25) is 11.1 Å². The molecule has 4 rings (SSSR count). The molecule has 1 aliphatic rings. The number of aromatic nitrogens is 3. The Hall–Kier alpha value is -2.25. The van der Waals surface area contributed by atoms with Crippen molar-refractivity contribution in [3.05, 3.63) is 60.4 Å². The number of nitrogens with zero attached hydrogens (tertiary/aromatic N) is 3. The zero-order valence-corrected chi connectivity index (χ0v) is 17.5. The molecule has 1 fully saturated rings. The number of rotatable bonds is 7. The third-order valence-corrected chi connectivity index (χ3v) is 6.32. The molecule has 1 atom stereocenters. The van der Waals surface area contributed by atoms with Gasteiger partial charge in [0.05, 0.1) is 16.6 Å². The quantitative estimate of drug-likeness (QED) is 0.556. The fraction of sp³-hybridized carbons (Fsp3) is 0.286. The Balaban J connectivity index is 1.50. The Bertz CT molecular complexity index is 970. The Morgan fingerprint density at radius 2 is 1.86 bits per heavy atom. The summed E-state index contributed by atoms with van der Waals surface area (Å²) in [4.78, 5) is 18.5. The van der Waals surface area contributed by atoms with E-state index in [-0.39, 0.29) is 11.2 Å². The second kappa shape index (κ2) is 8.41. The van der Waals surface area contributed by atoms with E-state index in [1.54, 1.807) is 11.8 Å². The Morgan fingerprint density at radius 1 is 1.14 bits per heavy atom. The van der Waals surface area contributed by atoms with Crippen LogP contribution in [0.3, 0.4) is 0 Å². The van der Waals surface area contributed by atoms with Crippen LogP contribution in [-0.2, 0) is 4.79 Å². The minimum atomic E-state index is -0.298. The van der Waals surface area contributed by atoms with Gasteiger partial charge < -0.3 is 5.32 Å². The van der Waals surface area contributed by atoms with E-state index in [0.29, 0.717) is 11.1 Å². The summed E-state index contributed by atoms with van der Waals surface area (Å²) in [5, 5.41) is 8.06. The highest BCUT2D eigenvalue weighted by Crippen LogP contribution is 2.40. The smallest absolute Gasteiger partial charge is 0.237 e. The van der Waals surface area contributed by atoms with Crippen LogP contribution in [0.5, 0.6) is 0 Å². The van der Waals surface area contributed by atoms with Gasteiger partial charge in [-0.2, -0.15) is 0 Å². The third kappa shape index (κ3) is 4.25. The van der Waals surface area contributed by atoms with Crippen molar-refractivity contribution in [3.8, 4) is 5.69 Å². The van der Waals surface area contributed by atoms with Crippen molar-refractivity contribution < 1.29 is 4.79 Å². The third-order valence-electron chi connectivity index (χ3n) is 4.57. The number of benzene rings is 2. The molecule has 0 radical (unpaired) electrons. The maximum Gasteiger partial charge on any atom is 0.237 e. The van der Waals surface area contributed by atoms with Gasteiger partial charge in [-0.1, -0.05) is 42.1 Å². The molecule has 1 heterocycles. The monoisotopic (exact) mass is 410 g/mol. The van der Waals surface area contributed by atoms with Crippen LogP contribution in [0.15, 0.2) is 64.6 Å².